The third-order valence-electron chi connectivity index (χ3n) is 1.51. The summed E-state index contributed by atoms with van der Waals surface area (Å²) >= 11 is 15.5. The molecular weight excluding hydrogens is 264 g/mol. The first-order chi connectivity index (χ1) is 6.93. The van der Waals surface area contributed by atoms with Gasteiger partial charge in [0.05, 0.1) is 11.1 Å². The lowest BCUT2D eigenvalue weighted by molar-refractivity contribution is 0.104. The van der Waals surface area contributed by atoms with E-state index in [1.807, 2.05) is 0 Å². The lowest BCUT2D eigenvalue weighted by atomic mass is 10.1. The second-order valence-electron chi connectivity index (χ2n) is 2.44. The van der Waals surface area contributed by atoms with Gasteiger partial charge in [0.2, 0.25) is 0 Å². The molecule has 0 aromatic carbocycles. The van der Waals surface area contributed by atoms with Gasteiger partial charge in [0.1, 0.15) is 5.69 Å². The number of carbonyl (C=O) groups excluding carboxylic acids is 3. The van der Waals surface area contributed by atoms with E-state index in [-0.39, 0.29) is 16.8 Å². The van der Waals surface area contributed by atoms with Crippen molar-refractivity contribution in [1.82, 2.24) is 4.98 Å². The molecule has 0 atom stereocenters. The Morgan fingerprint density at radius 2 is 1.60 bits per heavy atom. The van der Waals surface area contributed by atoms with Gasteiger partial charge >= 0.3 is 0 Å². The Hall–Kier alpha value is -0.970. The molecule has 78 valence electrons. The fourth-order valence-electron chi connectivity index (χ4n) is 0.879. The Morgan fingerprint density at radius 1 is 1.00 bits per heavy atom. The van der Waals surface area contributed by atoms with Crippen LogP contribution in [0.4, 0.5) is 0 Å². The Bertz CT molecular complexity index is 458. The van der Waals surface area contributed by atoms with Gasteiger partial charge in [-0.1, -0.05) is 0 Å². The SMILES string of the molecule is O=C(Cl)c1cnc(C(=O)Cl)c(C(=O)Cl)c1. The number of carbonyl (C=O) groups is 3. The highest BCUT2D eigenvalue weighted by Gasteiger charge is 2.18. The largest absolute Gasteiger partial charge is 0.276 e. The quantitative estimate of drug-likeness (QED) is 0.787. The van der Waals surface area contributed by atoms with Crippen LogP contribution in [-0.4, -0.2) is 20.7 Å². The van der Waals surface area contributed by atoms with Crippen LogP contribution in [0.2, 0.25) is 0 Å². The molecule has 0 fully saturated rings. The topological polar surface area (TPSA) is 64.1 Å². The van der Waals surface area contributed by atoms with Crippen LogP contribution in [0.5, 0.6) is 0 Å². The van der Waals surface area contributed by atoms with Gasteiger partial charge in [0.15, 0.2) is 0 Å². The maximum Gasteiger partial charge on any atom is 0.271 e. The molecule has 0 aliphatic heterocycles. The van der Waals surface area contributed by atoms with Gasteiger partial charge < -0.3 is 0 Å². The van der Waals surface area contributed by atoms with E-state index < -0.39 is 15.7 Å². The smallest absolute Gasteiger partial charge is 0.271 e. The van der Waals surface area contributed by atoms with Gasteiger partial charge in [-0.2, -0.15) is 0 Å². The first kappa shape index (κ1) is 12.1. The Labute approximate surface area is 99.1 Å². The van der Waals surface area contributed by atoms with Crippen LogP contribution in [0.3, 0.4) is 0 Å². The molecule has 15 heavy (non-hydrogen) atoms. The minimum Gasteiger partial charge on any atom is -0.276 e. The zero-order valence-electron chi connectivity index (χ0n) is 6.96. The number of halogens is 3. The molecule has 0 saturated carbocycles. The van der Waals surface area contributed by atoms with Gasteiger partial charge in [-0.25, -0.2) is 0 Å². The average Bonchev–Trinajstić information content (AvgIpc) is 2.16. The van der Waals surface area contributed by atoms with E-state index in [1.165, 1.54) is 0 Å². The molecule has 4 nitrogen and oxygen atoms in total. The monoisotopic (exact) mass is 265 g/mol. The summed E-state index contributed by atoms with van der Waals surface area (Å²) in [6.07, 6.45) is 1.04. The number of nitrogens with zero attached hydrogens (tertiary/aromatic N) is 1. The normalized spacial score (nSPS) is 9.80. The fourth-order valence-corrected chi connectivity index (χ4v) is 1.28. The van der Waals surface area contributed by atoms with Crippen LogP contribution in [0, 0.1) is 0 Å². The van der Waals surface area contributed by atoms with Gasteiger partial charge in [-0.15, -0.1) is 0 Å². The zero-order valence-corrected chi connectivity index (χ0v) is 9.23. The minimum atomic E-state index is -0.939. The van der Waals surface area contributed by atoms with Crippen LogP contribution in [0.15, 0.2) is 12.3 Å². The molecule has 0 amide bonds. The van der Waals surface area contributed by atoms with Crippen LogP contribution >= 0.6 is 34.8 Å². The predicted octanol–water partition coefficient (Wildman–Crippen LogP) is 2.22. The molecule has 0 saturated heterocycles. The number of rotatable bonds is 3. The third kappa shape index (κ3) is 2.75. The van der Waals surface area contributed by atoms with E-state index in [9.17, 15) is 14.4 Å². The van der Waals surface area contributed by atoms with Crippen LogP contribution in [0.25, 0.3) is 0 Å². The Morgan fingerprint density at radius 3 is 2.00 bits per heavy atom. The second-order valence-corrected chi connectivity index (χ2v) is 3.47. The summed E-state index contributed by atoms with van der Waals surface area (Å²) in [4.78, 5) is 36.0. The molecule has 0 bridgehead atoms. The molecule has 1 aromatic rings. The summed E-state index contributed by atoms with van der Waals surface area (Å²) in [6, 6.07) is 1.06. The molecule has 7 heteroatoms. The van der Waals surface area contributed by atoms with E-state index in [0.29, 0.717) is 0 Å². The van der Waals surface area contributed by atoms with E-state index in [4.69, 9.17) is 34.8 Å². The first-order valence-electron chi connectivity index (χ1n) is 3.53. The predicted molar refractivity (Wildman–Crippen MR) is 54.8 cm³/mol. The second kappa shape index (κ2) is 4.70. The highest BCUT2D eigenvalue weighted by atomic mass is 35.5. The minimum absolute atomic E-state index is 0.0395. The van der Waals surface area contributed by atoms with Crippen molar-refractivity contribution in [2.24, 2.45) is 0 Å². The van der Waals surface area contributed by atoms with Gasteiger partial charge in [0, 0.05) is 6.20 Å². The summed E-state index contributed by atoms with van der Waals surface area (Å²) in [5.41, 5.74) is -0.594. The molecular formula is C8H2Cl3NO3. The Kier molecular flexibility index (Phi) is 3.79. The number of hydrogen-bond donors (Lipinski definition) is 0. The van der Waals surface area contributed by atoms with Crippen molar-refractivity contribution in [1.29, 1.82) is 0 Å². The summed E-state index contributed by atoms with van der Waals surface area (Å²) in [6.45, 7) is 0. The van der Waals surface area contributed by atoms with Crippen LogP contribution in [-0.2, 0) is 0 Å². The van der Waals surface area contributed by atoms with Gasteiger partial charge in [0.25, 0.3) is 15.7 Å². The zero-order chi connectivity index (χ0) is 11.6. The van der Waals surface area contributed by atoms with Gasteiger partial charge in [-0.3, -0.25) is 19.4 Å². The summed E-state index contributed by atoms with van der Waals surface area (Å²) in [7, 11) is 0. The number of aromatic nitrogens is 1. The highest BCUT2D eigenvalue weighted by molar-refractivity contribution is 6.72. The number of hydrogen-bond acceptors (Lipinski definition) is 4. The molecule has 0 unspecified atom stereocenters. The lowest BCUT2D eigenvalue weighted by Crippen LogP contribution is -2.06. The molecule has 1 aromatic heterocycles. The van der Waals surface area contributed by atoms with E-state index in [2.05, 4.69) is 4.98 Å². The first-order valence-corrected chi connectivity index (χ1v) is 4.66. The molecule has 0 spiro atoms. The van der Waals surface area contributed by atoms with E-state index >= 15 is 0 Å². The summed E-state index contributed by atoms with van der Waals surface area (Å²) in [5.74, 6) is 0. The molecule has 0 aliphatic carbocycles. The van der Waals surface area contributed by atoms with E-state index in [1.54, 1.807) is 0 Å². The standard InChI is InChI=1S/C8H2Cl3NO3/c9-6(13)3-1-4(7(10)14)5(8(11)15)12-2-3/h1-2H. The molecule has 0 aliphatic rings. The third-order valence-corrected chi connectivity index (χ3v) is 2.11. The molecule has 1 rings (SSSR count). The van der Waals surface area contributed by atoms with Crippen molar-refractivity contribution >= 4 is 50.5 Å². The van der Waals surface area contributed by atoms with Crippen molar-refractivity contribution in [3.05, 3.63) is 29.1 Å². The molecule has 0 radical (unpaired) electrons. The molecule has 1 heterocycles. The van der Waals surface area contributed by atoms with Crippen LogP contribution in [0.1, 0.15) is 31.2 Å². The highest BCUT2D eigenvalue weighted by Crippen LogP contribution is 2.15. The fraction of sp³-hybridized carbons (Fsp3) is 0. The lowest BCUT2D eigenvalue weighted by Gasteiger charge is -2.01. The van der Waals surface area contributed by atoms with Crippen molar-refractivity contribution in [2.45, 2.75) is 0 Å². The maximum absolute atomic E-state index is 10.9. The van der Waals surface area contributed by atoms with Crippen molar-refractivity contribution in [3.63, 3.8) is 0 Å². The molecule has 0 N–H and O–H groups in total. The summed E-state index contributed by atoms with van der Waals surface area (Å²) < 4.78 is 0. The van der Waals surface area contributed by atoms with Gasteiger partial charge in [-0.05, 0) is 40.9 Å². The van der Waals surface area contributed by atoms with Crippen molar-refractivity contribution < 1.29 is 14.4 Å². The summed E-state index contributed by atoms with van der Waals surface area (Å²) in [5, 5.41) is -2.69. The van der Waals surface area contributed by atoms with Crippen molar-refractivity contribution in [2.75, 3.05) is 0 Å². The maximum atomic E-state index is 10.9. The van der Waals surface area contributed by atoms with E-state index in [0.717, 1.165) is 12.3 Å². The van der Waals surface area contributed by atoms with Crippen molar-refractivity contribution in [3.8, 4) is 0 Å². The van der Waals surface area contributed by atoms with Crippen LogP contribution < -0.4 is 0 Å². The Balaban J connectivity index is 3.40. The number of pyridine rings is 1. The average molecular weight is 266 g/mol.